The number of likely N-dealkylation sites (N-methyl/N-ethyl adjacent to an activating group) is 1. The van der Waals surface area contributed by atoms with E-state index in [4.69, 9.17) is 33.9 Å². The number of phenols is 1. The zero-order valence-corrected chi connectivity index (χ0v) is 23.4. The van der Waals surface area contributed by atoms with Crippen LogP contribution in [-0.2, 0) is 16.0 Å². The molecule has 0 bridgehead atoms. The Morgan fingerprint density at radius 1 is 1.15 bits per heavy atom. The lowest BCUT2D eigenvalue weighted by Gasteiger charge is -2.30. The SMILES string of the molecule is C=C([C@H](CCCN)NC(=O)[C@@H](N)Cc1cc(-c2ccc(Cl)c(C)c2)ccc1O)N(C)CC(=O)NC[C@H](N)CO. The number of aliphatic hydroxyl groups is 1. The zero-order chi connectivity index (χ0) is 29.1. The van der Waals surface area contributed by atoms with Crippen LogP contribution in [0.25, 0.3) is 11.1 Å². The van der Waals surface area contributed by atoms with E-state index in [1.54, 1.807) is 24.1 Å². The third-order valence-electron chi connectivity index (χ3n) is 6.43. The quantitative estimate of drug-likeness (QED) is 0.168. The lowest BCUT2D eigenvalue weighted by molar-refractivity contribution is -0.123. The van der Waals surface area contributed by atoms with Gasteiger partial charge in [-0.25, -0.2) is 0 Å². The molecule has 0 aliphatic rings. The Bertz CT molecular complexity index is 1150. The van der Waals surface area contributed by atoms with Crippen LogP contribution in [-0.4, -0.2) is 78.3 Å². The number of nitrogens with one attached hydrogen (secondary N) is 2. The van der Waals surface area contributed by atoms with E-state index in [2.05, 4.69) is 17.2 Å². The first kappa shape index (κ1) is 32.1. The average Bonchev–Trinajstić information content (AvgIpc) is 2.91. The van der Waals surface area contributed by atoms with Crippen molar-refractivity contribution in [3.8, 4) is 16.9 Å². The van der Waals surface area contributed by atoms with Crippen LogP contribution in [0.15, 0.2) is 48.7 Å². The third kappa shape index (κ3) is 9.83. The minimum atomic E-state index is -0.945. The van der Waals surface area contributed by atoms with Gasteiger partial charge in [0.25, 0.3) is 0 Å². The van der Waals surface area contributed by atoms with Crippen molar-refractivity contribution in [2.45, 2.75) is 44.3 Å². The number of halogens is 1. The highest BCUT2D eigenvalue weighted by Crippen LogP contribution is 2.29. The van der Waals surface area contributed by atoms with Gasteiger partial charge in [-0.3, -0.25) is 9.59 Å². The van der Waals surface area contributed by atoms with Gasteiger partial charge in [-0.1, -0.05) is 30.3 Å². The molecule has 10 N–H and O–H groups in total. The van der Waals surface area contributed by atoms with Gasteiger partial charge in [0.2, 0.25) is 11.8 Å². The maximum atomic E-state index is 13.1. The normalized spacial score (nSPS) is 13.3. The zero-order valence-electron chi connectivity index (χ0n) is 22.6. The smallest absolute Gasteiger partial charge is 0.239 e. The summed E-state index contributed by atoms with van der Waals surface area (Å²) in [5.41, 5.74) is 21.4. The van der Waals surface area contributed by atoms with Gasteiger partial charge in [-0.2, -0.15) is 0 Å². The number of phenolic OH excluding ortho intramolecular Hbond substituents is 1. The number of nitrogens with two attached hydrogens (primary N) is 3. The molecule has 2 amide bonds. The first-order valence-electron chi connectivity index (χ1n) is 12.8. The second-order valence-electron chi connectivity index (χ2n) is 9.70. The van der Waals surface area contributed by atoms with E-state index in [-0.39, 0.29) is 37.8 Å². The third-order valence-corrected chi connectivity index (χ3v) is 6.85. The topological polar surface area (TPSA) is 180 Å². The summed E-state index contributed by atoms with van der Waals surface area (Å²) in [4.78, 5) is 27.0. The van der Waals surface area contributed by atoms with Crippen molar-refractivity contribution in [2.75, 3.05) is 33.3 Å². The van der Waals surface area contributed by atoms with Crippen LogP contribution in [0.5, 0.6) is 5.75 Å². The van der Waals surface area contributed by atoms with Crippen LogP contribution in [0, 0.1) is 6.92 Å². The van der Waals surface area contributed by atoms with Crippen LogP contribution < -0.4 is 27.8 Å². The molecule has 0 spiro atoms. The number of nitrogens with zero attached hydrogens (tertiary/aromatic N) is 1. The van der Waals surface area contributed by atoms with Crippen molar-refractivity contribution in [3.05, 3.63) is 64.8 Å². The number of hydrogen-bond donors (Lipinski definition) is 7. The minimum Gasteiger partial charge on any atom is -0.508 e. The van der Waals surface area contributed by atoms with Gasteiger partial charge in [0.15, 0.2) is 0 Å². The molecule has 214 valence electrons. The average molecular weight is 561 g/mol. The van der Waals surface area contributed by atoms with Gasteiger partial charge < -0.3 is 42.9 Å². The Hall–Kier alpha value is -3.15. The molecular formula is C28H41ClN6O4. The number of aryl methyl sites for hydroxylation is 1. The van der Waals surface area contributed by atoms with Crippen molar-refractivity contribution in [3.63, 3.8) is 0 Å². The molecule has 3 atom stereocenters. The van der Waals surface area contributed by atoms with Crippen molar-refractivity contribution in [1.82, 2.24) is 15.5 Å². The number of carbonyl (C=O) groups is 2. The number of aliphatic hydroxyl groups excluding tert-OH is 1. The van der Waals surface area contributed by atoms with Crippen LogP contribution in [0.4, 0.5) is 0 Å². The number of amides is 2. The highest BCUT2D eigenvalue weighted by Gasteiger charge is 2.24. The summed E-state index contributed by atoms with van der Waals surface area (Å²) >= 11 is 6.15. The monoisotopic (exact) mass is 560 g/mol. The van der Waals surface area contributed by atoms with Gasteiger partial charge in [0, 0.05) is 36.8 Å². The number of aromatic hydroxyl groups is 1. The van der Waals surface area contributed by atoms with Crippen LogP contribution in [0.3, 0.4) is 0 Å². The lowest BCUT2D eigenvalue weighted by Crippen LogP contribution is -2.50. The number of hydrogen-bond acceptors (Lipinski definition) is 8. The molecule has 2 aromatic carbocycles. The molecule has 39 heavy (non-hydrogen) atoms. The second kappa shape index (κ2) is 15.4. The van der Waals surface area contributed by atoms with Crippen LogP contribution in [0.2, 0.25) is 5.02 Å². The molecule has 0 saturated heterocycles. The van der Waals surface area contributed by atoms with Crippen molar-refractivity contribution in [1.29, 1.82) is 0 Å². The van der Waals surface area contributed by atoms with Gasteiger partial charge in [0.05, 0.1) is 25.2 Å². The molecule has 0 heterocycles. The van der Waals surface area contributed by atoms with E-state index >= 15 is 0 Å². The number of rotatable bonds is 15. The predicted octanol–water partition coefficient (Wildman–Crippen LogP) is 0.996. The molecular weight excluding hydrogens is 520 g/mol. The largest absolute Gasteiger partial charge is 0.508 e. The molecule has 2 rings (SSSR count). The molecule has 2 aromatic rings. The summed E-state index contributed by atoms with van der Waals surface area (Å²) in [5.74, 6) is -0.671. The van der Waals surface area contributed by atoms with Crippen molar-refractivity contribution >= 4 is 23.4 Å². The van der Waals surface area contributed by atoms with E-state index in [1.807, 2.05) is 31.2 Å². The standard InChI is InChI=1S/C28H41ClN6O4/c1-17-11-19(6-8-23(17)29)20-7-9-26(37)21(12-20)13-24(32)28(39)34-25(5-4-10-30)18(2)35(3)15-27(38)33-14-22(31)16-36/h6-9,11-12,22,24-25,36-37H,2,4-5,10,13-16,30-32H2,1,3H3,(H,33,38)(H,34,39)/t22-,24-,25-/m0/s1. The lowest BCUT2D eigenvalue weighted by atomic mass is 9.97. The van der Waals surface area contributed by atoms with Crippen molar-refractivity contribution < 1.29 is 19.8 Å². The van der Waals surface area contributed by atoms with Gasteiger partial charge in [-0.05, 0) is 72.8 Å². The summed E-state index contributed by atoms with van der Waals surface area (Å²) in [7, 11) is 1.69. The second-order valence-corrected chi connectivity index (χ2v) is 10.1. The van der Waals surface area contributed by atoms with E-state index in [0.29, 0.717) is 35.7 Å². The fraction of sp³-hybridized carbons (Fsp3) is 0.429. The first-order chi connectivity index (χ1) is 18.5. The number of carbonyl (C=O) groups excluding carboxylic acids is 2. The van der Waals surface area contributed by atoms with E-state index in [9.17, 15) is 14.7 Å². The molecule has 0 aliphatic heterocycles. The molecule has 11 heteroatoms. The Morgan fingerprint density at radius 2 is 1.82 bits per heavy atom. The van der Waals surface area contributed by atoms with Crippen molar-refractivity contribution in [2.24, 2.45) is 17.2 Å². The summed E-state index contributed by atoms with van der Waals surface area (Å²) in [6.07, 6.45) is 1.23. The maximum absolute atomic E-state index is 13.1. The molecule has 0 saturated carbocycles. The van der Waals surface area contributed by atoms with Gasteiger partial charge in [-0.15, -0.1) is 0 Å². The summed E-state index contributed by atoms with van der Waals surface area (Å²) < 4.78 is 0. The fourth-order valence-corrected chi connectivity index (χ4v) is 4.07. The highest BCUT2D eigenvalue weighted by molar-refractivity contribution is 6.31. The summed E-state index contributed by atoms with van der Waals surface area (Å²) in [6.45, 7) is 6.30. The molecule has 0 aromatic heterocycles. The van der Waals surface area contributed by atoms with Crippen LogP contribution >= 0.6 is 11.6 Å². The van der Waals surface area contributed by atoms with Gasteiger partial charge >= 0.3 is 0 Å². The molecule has 0 fully saturated rings. The minimum absolute atomic E-state index is 0.0110. The summed E-state index contributed by atoms with van der Waals surface area (Å²) in [6, 6.07) is 8.86. The Labute approximate surface area is 235 Å². The Balaban J connectivity index is 2.08. The molecule has 0 unspecified atom stereocenters. The maximum Gasteiger partial charge on any atom is 0.239 e. The Kier molecular flexibility index (Phi) is 12.7. The first-order valence-corrected chi connectivity index (χ1v) is 13.2. The number of benzene rings is 2. The van der Waals surface area contributed by atoms with E-state index in [1.165, 1.54) is 0 Å². The summed E-state index contributed by atoms with van der Waals surface area (Å²) in [5, 5.41) is 25.7. The molecule has 0 radical (unpaired) electrons. The molecule has 10 nitrogen and oxygen atoms in total. The van der Waals surface area contributed by atoms with E-state index in [0.717, 1.165) is 16.7 Å². The highest BCUT2D eigenvalue weighted by atomic mass is 35.5. The Morgan fingerprint density at radius 3 is 2.46 bits per heavy atom. The van der Waals surface area contributed by atoms with Gasteiger partial charge in [0.1, 0.15) is 5.75 Å². The predicted molar refractivity (Wildman–Crippen MR) is 155 cm³/mol. The molecule has 0 aliphatic carbocycles. The van der Waals surface area contributed by atoms with E-state index < -0.39 is 24.0 Å². The van der Waals surface area contributed by atoms with Crippen LogP contribution in [0.1, 0.15) is 24.0 Å². The fourth-order valence-electron chi connectivity index (χ4n) is 3.95.